The number of nitrogens with zero attached hydrogens (tertiary/aromatic N) is 1. The molecule has 15 nitrogen and oxygen atoms in total. The van der Waals surface area contributed by atoms with E-state index >= 15 is 0 Å². The Balaban J connectivity index is 1.01. The normalized spacial score (nSPS) is 21.2. The Hall–Kier alpha value is -4.35. The zero-order chi connectivity index (χ0) is 41.2. The molecular weight excluding hydrogens is 773 g/mol. The summed E-state index contributed by atoms with van der Waals surface area (Å²) < 4.78 is 34.5. The fourth-order valence-electron chi connectivity index (χ4n) is 7.31. The summed E-state index contributed by atoms with van der Waals surface area (Å²) in [6.45, 7) is 6.36. The lowest BCUT2D eigenvalue weighted by Gasteiger charge is -2.25. The number of carbonyl (C=O) groups is 5. The summed E-state index contributed by atoms with van der Waals surface area (Å²) in [6, 6.07) is 10.7. The van der Waals surface area contributed by atoms with Gasteiger partial charge in [-0.05, 0) is 95.2 Å². The maximum atomic E-state index is 13.8. The minimum Gasteiger partial charge on any atom is -0.488 e. The molecule has 0 unspecified atom stereocenters. The van der Waals surface area contributed by atoms with Gasteiger partial charge in [0.15, 0.2) is 0 Å². The molecule has 0 saturated carbocycles. The maximum Gasteiger partial charge on any atom is 0.326 e. The molecule has 17 heteroatoms. The number of hydrogen-bond donors (Lipinski definition) is 6. The first-order chi connectivity index (χ1) is 27.1. The highest BCUT2D eigenvalue weighted by molar-refractivity contribution is 8.00. The number of unbranched alkanes of at least 4 members (excludes halogenated alkanes) is 3. The predicted molar refractivity (Wildman–Crippen MR) is 218 cm³/mol. The van der Waals surface area contributed by atoms with Crippen molar-refractivity contribution in [3.63, 3.8) is 0 Å². The maximum absolute atomic E-state index is 13.8. The van der Waals surface area contributed by atoms with Crippen LogP contribution >= 0.6 is 11.8 Å². The van der Waals surface area contributed by atoms with Gasteiger partial charge in [0.2, 0.25) is 27.7 Å². The van der Waals surface area contributed by atoms with Gasteiger partial charge in [-0.15, -0.1) is 0 Å². The number of hydrogen-bond acceptors (Lipinski definition) is 9. The quantitative estimate of drug-likeness (QED) is 0.0829. The van der Waals surface area contributed by atoms with Gasteiger partial charge in [0.05, 0.1) is 17.0 Å². The van der Waals surface area contributed by atoms with Crippen LogP contribution < -0.4 is 31.3 Å². The molecule has 0 radical (unpaired) electrons. The van der Waals surface area contributed by atoms with Gasteiger partial charge < -0.3 is 36.4 Å². The first kappa shape index (κ1) is 43.8. The van der Waals surface area contributed by atoms with E-state index in [1.807, 2.05) is 32.5 Å². The molecule has 3 aliphatic heterocycles. The lowest BCUT2D eigenvalue weighted by atomic mass is 10.0. The van der Waals surface area contributed by atoms with E-state index in [1.54, 1.807) is 30.3 Å². The van der Waals surface area contributed by atoms with Gasteiger partial charge in [-0.2, -0.15) is 16.1 Å². The fourth-order valence-corrected chi connectivity index (χ4v) is 10.6. The summed E-state index contributed by atoms with van der Waals surface area (Å²) in [5.41, 5.74) is 0.566. The zero-order valence-corrected chi connectivity index (χ0v) is 34.5. The van der Waals surface area contributed by atoms with Crippen molar-refractivity contribution in [2.75, 3.05) is 24.2 Å². The molecular formula is C40H56N6O9S2. The number of thioether (sulfide) groups is 1. The lowest BCUT2D eigenvalue weighted by molar-refractivity contribution is -0.142. The van der Waals surface area contributed by atoms with E-state index in [2.05, 4.69) is 26.6 Å². The Morgan fingerprint density at radius 3 is 2.46 bits per heavy atom. The highest BCUT2D eigenvalue weighted by Gasteiger charge is 2.43. The number of sulfonamides is 1. The number of carbonyl (C=O) groups excluding carboxylic acids is 4. The third kappa shape index (κ3) is 12.8. The molecule has 5 amide bonds. The largest absolute Gasteiger partial charge is 0.488 e. The summed E-state index contributed by atoms with van der Waals surface area (Å²) in [7, 11) is -4.17. The van der Waals surface area contributed by atoms with Crippen LogP contribution in [0.2, 0.25) is 0 Å². The Kier molecular flexibility index (Phi) is 15.3. The van der Waals surface area contributed by atoms with E-state index in [0.29, 0.717) is 48.1 Å². The fraction of sp³-hybridized carbons (Fsp3) is 0.575. The summed E-state index contributed by atoms with van der Waals surface area (Å²) in [5.74, 6) is -0.650. The van der Waals surface area contributed by atoms with Gasteiger partial charge in [-0.25, -0.2) is 18.0 Å². The van der Waals surface area contributed by atoms with Gasteiger partial charge in [-0.1, -0.05) is 31.0 Å². The van der Waals surface area contributed by atoms with Gasteiger partial charge in [-0.3, -0.25) is 14.4 Å². The van der Waals surface area contributed by atoms with Gasteiger partial charge in [0.1, 0.15) is 23.4 Å². The molecule has 2 aromatic rings. The van der Waals surface area contributed by atoms with Crippen LogP contribution in [0.3, 0.4) is 0 Å². The van der Waals surface area contributed by atoms with Crippen molar-refractivity contribution < 1.29 is 42.2 Å². The second-order valence-electron chi connectivity index (χ2n) is 15.8. The Bertz CT molecular complexity index is 1850. The molecule has 3 aliphatic rings. The monoisotopic (exact) mass is 828 g/mol. The molecule has 6 N–H and O–H groups in total. The summed E-state index contributed by atoms with van der Waals surface area (Å²) in [5, 5.41) is 24.5. The third-order valence-corrected chi connectivity index (χ3v) is 13.5. The molecule has 57 heavy (non-hydrogen) atoms. The minimum atomic E-state index is -4.17. The number of ether oxygens (including phenoxy) is 1. The number of carboxylic acids is 1. The Labute approximate surface area is 339 Å². The van der Waals surface area contributed by atoms with Crippen molar-refractivity contribution in [2.45, 2.75) is 131 Å². The van der Waals surface area contributed by atoms with Crippen molar-refractivity contribution in [2.24, 2.45) is 0 Å². The van der Waals surface area contributed by atoms with Gasteiger partial charge >= 0.3 is 12.0 Å². The van der Waals surface area contributed by atoms with Crippen LogP contribution in [0.25, 0.3) is 0 Å². The Morgan fingerprint density at radius 2 is 1.72 bits per heavy atom. The van der Waals surface area contributed by atoms with Crippen molar-refractivity contribution in [1.29, 1.82) is 0 Å². The molecule has 2 aromatic carbocycles. The molecule has 3 heterocycles. The molecule has 0 aromatic heterocycles. The highest BCUT2D eigenvalue weighted by atomic mass is 32.2. The number of aliphatic carboxylic acids is 1. The van der Waals surface area contributed by atoms with Crippen LogP contribution in [0.1, 0.15) is 90.5 Å². The average molecular weight is 829 g/mol. The van der Waals surface area contributed by atoms with Crippen LogP contribution in [0.15, 0.2) is 53.4 Å². The summed E-state index contributed by atoms with van der Waals surface area (Å²) >= 11 is 1.87. The smallest absolute Gasteiger partial charge is 0.326 e. The van der Waals surface area contributed by atoms with Crippen molar-refractivity contribution in [3.05, 3.63) is 54.1 Å². The van der Waals surface area contributed by atoms with Crippen LogP contribution in [0, 0.1) is 0 Å². The summed E-state index contributed by atoms with van der Waals surface area (Å²) in [6.07, 6.45) is 6.03. The molecule has 5 atom stereocenters. The molecule has 0 spiro atoms. The number of amides is 5. The SMILES string of the molecule is CC(C)(C)Oc1ccc(C[C@H](NC(=O)[C@@H]2CCCN2S(=O)(=O)c2cccc(NC(=O)CCCCCNC(=O)CCCC[C@@H]3SC[C@@H]4NC(=O)N[C@@H]43)c2)C(=O)O)cc1. The first-order valence-corrected chi connectivity index (χ1v) is 22.3. The number of carboxylic acid groups (broad SMARTS) is 1. The van der Waals surface area contributed by atoms with E-state index < -0.39 is 39.6 Å². The zero-order valence-electron chi connectivity index (χ0n) is 32.9. The third-order valence-electron chi connectivity index (χ3n) is 10.1. The topological polar surface area (TPSA) is 212 Å². The molecule has 3 saturated heterocycles. The van der Waals surface area contributed by atoms with Crippen molar-refractivity contribution in [3.8, 4) is 5.75 Å². The van der Waals surface area contributed by atoms with Crippen LogP contribution in [-0.2, 0) is 35.6 Å². The van der Waals surface area contributed by atoms with Gasteiger partial charge in [0.25, 0.3) is 0 Å². The molecule has 312 valence electrons. The molecule has 5 rings (SSSR count). The number of nitrogens with one attached hydrogen (secondary N) is 5. The molecule has 3 fully saturated rings. The minimum absolute atomic E-state index is 0.00125. The second kappa shape index (κ2) is 19.9. The van der Waals surface area contributed by atoms with E-state index in [1.165, 1.54) is 18.2 Å². The number of anilines is 1. The highest BCUT2D eigenvalue weighted by Crippen LogP contribution is 2.33. The number of fused-ring (bicyclic) bond motifs is 1. The lowest BCUT2D eigenvalue weighted by Crippen LogP contribution is -2.51. The van der Waals surface area contributed by atoms with Crippen LogP contribution in [0.4, 0.5) is 10.5 Å². The standard InChI is InChI=1S/C40H56N6O9S2/c1-40(2,3)55-28-19-17-26(18-20-28)23-30(38(50)51)43-37(49)32-13-10-22-46(32)57(53,54)29-12-9-11-27(24-29)42-35(48)16-5-4-8-21-41-34(47)15-7-6-14-33-36-31(25-56-33)44-39(52)45-36/h9,11-12,17-20,24,30-33,36H,4-8,10,13-16,21-23,25H2,1-3H3,(H,41,47)(H,42,48)(H,43,49)(H,50,51)(H2,44,45,52)/t30-,31-,32-,33-,36-/m0/s1. The Morgan fingerprint density at radius 1 is 0.982 bits per heavy atom. The second-order valence-corrected chi connectivity index (χ2v) is 19.0. The van der Waals surface area contributed by atoms with E-state index in [0.717, 1.165) is 42.2 Å². The van der Waals surface area contributed by atoms with Crippen LogP contribution in [0.5, 0.6) is 5.75 Å². The van der Waals surface area contributed by atoms with E-state index in [4.69, 9.17) is 4.74 Å². The van der Waals surface area contributed by atoms with Crippen LogP contribution in [-0.4, -0.2) is 101 Å². The van der Waals surface area contributed by atoms with E-state index in [9.17, 15) is 37.5 Å². The molecule has 0 aliphatic carbocycles. The van der Waals surface area contributed by atoms with E-state index in [-0.39, 0.29) is 60.6 Å². The van der Waals surface area contributed by atoms with Crippen molar-refractivity contribution >= 4 is 57.2 Å². The number of urea groups is 1. The summed E-state index contributed by atoms with van der Waals surface area (Å²) in [4.78, 5) is 62.0. The average Bonchev–Trinajstić information content (AvgIpc) is 3.89. The van der Waals surface area contributed by atoms with Crippen molar-refractivity contribution in [1.82, 2.24) is 25.6 Å². The van der Waals surface area contributed by atoms with Gasteiger partial charge in [0, 0.05) is 49.0 Å². The number of rotatable bonds is 20. The predicted octanol–water partition coefficient (Wildman–Crippen LogP) is 4.17. The number of benzene rings is 2. The first-order valence-electron chi connectivity index (χ1n) is 19.8. The molecule has 0 bridgehead atoms.